The van der Waals surface area contributed by atoms with Crippen molar-refractivity contribution in [2.75, 3.05) is 33.3 Å². The number of nitrogens with zero attached hydrogens (tertiary/aromatic N) is 1. The van der Waals surface area contributed by atoms with Gasteiger partial charge in [0.2, 0.25) is 0 Å². The molecule has 4 heteroatoms. The Bertz CT molecular complexity index is 430. The predicted octanol–water partition coefficient (Wildman–Crippen LogP) is 2.87. The van der Waals surface area contributed by atoms with E-state index in [1.807, 2.05) is 24.3 Å². The highest BCUT2D eigenvalue weighted by molar-refractivity contribution is 6.30. The van der Waals surface area contributed by atoms with E-state index in [0.717, 1.165) is 48.9 Å². The summed E-state index contributed by atoms with van der Waals surface area (Å²) < 4.78 is 5.48. The van der Waals surface area contributed by atoms with Gasteiger partial charge in [0.25, 0.3) is 0 Å². The fourth-order valence-electron chi connectivity index (χ4n) is 2.59. The molecule has 1 aromatic rings. The summed E-state index contributed by atoms with van der Waals surface area (Å²) in [5, 5.41) is 4.13. The molecule has 1 atom stereocenters. The van der Waals surface area contributed by atoms with Crippen LogP contribution in [0.4, 0.5) is 0 Å². The van der Waals surface area contributed by atoms with E-state index in [1.54, 1.807) is 7.11 Å². The molecule has 1 aromatic carbocycles. The maximum atomic E-state index is 6.14. The maximum absolute atomic E-state index is 6.14. The second-order valence-electron chi connectivity index (χ2n) is 4.71. The molecular weight excluding hydrogens is 260 g/mol. The van der Waals surface area contributed by atoms with Gasteiger partial charge in [-0.3, -0.25) is 4.90 Å². The lowest BCUT2D eigenvalue weighted by Crippen LogP contribution is -2.45. The molecule has 1 saturated heterocycles. The average molecular weight is 281 g/mol. The van der Waals surface area contributed by atoms with E-state index in [9.17, 15) is 0 Å². The first kappa shape index (κ1) is 14.4. The van der Waals surface area contributed by atoms with E-state index in [2.05, 4.69) is 16.8 Å². The first-order valence-corrected chi connectivity index (χ1v) is 7.03. The molecule has 0 radical (unpaired) electrons. The molecule has 104 valence electrons. The van der Waals surface area contributed by atoms with Gasteiger partial charge >= 0.3 is 0 Å². The van der Waals surface area contributed by atoms with E-state index in [0.29, 0.717) is 0 Å². The SMILES string of the molecule is C=CC[C@H](c1cc(Cl)ccc1OC)N1CCNCC1. The van der Waals surface area contributed by atoms with Gasteiger partial charge in [0.05, 0.1) is 7.11 Å². The summed E-state index contributed by atoms with van der Waals surface area (Å²) in [5.74, 6) is 0.898. The Morgan fingerprint density at radius 1 is 1.47 bits per heavy atom. The van der Waals surface area contributed by atoms with Gasteiger partial charge in [-0.15, -0.1) is 6.58 Å². The Morgan fingerprint density at radius 2 is 2.21 bits per heavy atom. The minimum atomic E-state index is 0.285. The van der Waals surface area contributed by atoms with Crippen molar-refractivity contribution in [3.63, 3.8) is 0 Å². The number of methoxy groups -OCH3 is 1. The highest BCUT2D eigenvalue weighted by Gasteiger charge is 2.23. The maximum Gasteiger partial charge on any atom is 0.123 e. The summed E-state index contributed by atoms with van der Waals surface area (Å²) in [5.41, 5.74) is 1.15. The van der Waals surface area contributed by atoms with E-state index < -0.39 is 0 Å². The molecule has 0 amide bonds. The molecule has 1 heterocycles. The molecular formula is C15H21ClN2O. The minimum Gasteiger partial charge on any atom is -0.496 e. The van der Waals surface area contributed by atoms with Crippen molar-refractivity contribution in [1.29, 1.82) is 0 Å². The van der Waals surface area contributed by atoms with Crippen molar-refractivity contribution in [3.8, 4) is 5.75 Å². The molecule has 2 rings (SSSR count). The lowest BCUT2D eigenvalue weighted by Gasteiger charge is -2.35. The zero-order chi connectivity index (χ0) is 13.7. The quantitative estimate of drug-likeness (QED) is 0.840. The number of halogens is 1. The Morgan fingerprint density at radius 3 is 2.84 bits per heavy atom. The number of hydrogen-bond donors (Lipinski definition) is 1. The predicted molar refractivity (Wildman–Crippen MR) is 80.0 cm³/mol. The molecule has 0 spiro atoms. The van der Waals surface area contributed by atoms with Crippen LogP contribution in [0.15, 0.2) is 30.9 Å². The van der Waals surface area contributed by atoms with Crippen molar-refractivity contribution in [2.24, 2.45) is 0 Å². The van der Waals surface area contributed by atoms with Crippen molar-refractivity contribution in [3.05, 3.63) is 41.4 Å². The van der Waals surface area contributed by atoms with Crippen LogP contribution in [0.1, 0.15) is 18.0 Å². The monoisotopic (exact) mass is 280 g/mol. The number of ether oxygens (including phenoxy) is 1. The Balaban J connectivity index is 2.31. The van der Waals surface area contributed by atoms with E-state index in [-0.39, 0.29) is 6.04 Å². The molecule has 3 nitrogen and oxygen atoms in total. The van der Waals surface area contributed by atoms with Crippen molar-refractivity contribution in [2.45, 2.75) is 12.5 Å². The molecule has 19 heavy (non-hydrogen) atoms. The lowest BCUT2D eigenvalue weighted by molar-refractivity contribution is 0.171. The van der Waals surface area contributed by atoms with Gasteiger partial charge in [-0.25, -0.2) is 0 Å². The number of piperazine rings is 1. The van der Waals surface area contributed by atoms with Crippen LogP contribution in [0.25, 0.3) is 0 Å². The van der Waals surface area contributed by atoms with Gasteiger partial charge in [0.1, 0.15) is 5.75 Å². The van der Waals surface area contributed by atoms with Gasteiger partial charge in [0, 0.05) is 42.8 Å². The smallest absolute Gasteiger partial charge is 0.123 e. The summed E-state index contributed by atoms with van der Waals surface area (Å²) >= 11 is 6.14. The summed E-state index contributed by atoms with van der Waals surface area (Å²) in [7, 11) is 1.70. The van der Waals surface area contributed by atoms with Gasteiger partial charge in [-0.2, -0.15) is 0 Å². The fourth-order valence-corrected chi connectivity index (χ4v) is 2.77. The van der Waals surface area contributed by atoms with E-state index >= 15 is 0 Å². The Hall–Kier alpha value is -1.03. The molecule has 0 aromatic heterocycles. The zero-order valence-corrected chi connectivity index (χ0v) is 12.1. The third-order valence-electron chi connectivity index (χ3n) is 3.53. The van der Waals surface area contributed by atoms with Crippen LogP contribution in [0, 0.1) is 0 Å². The van der Waals surface area contributed by atoms with Crippen LogP contribution in [0.5, 0.6) is 5.75 Å². The van der Waals surface area contributed by atoms with Gasteiger partial charge in [-0.1, -0.05) is 17.7 Å². The molecule has 0 aliphatic carbocycles. The third kappa shape index (κ3) is 3.50. The Labute approximate surface area is 120 Å². The lowest BCUT2D eigenvalue weighted by atomic mass is 10.00. The number of nitrogens with one attached hydrogen (secondary N) is 1. The van der Waals surface area contributed by atoms with Gasteiger partial charge in [0.15, 0.2) is 0 Å². The van der Waals surface area contributed by atoms with Crippen LogP contribution < -0.4 is 10.1 Å². The molecule has 0 saturated carbocycles. The van der Waals surface area contributed by atoms with E-state index in [4.69, 9.17) is 16.3 Å². The second kappa shape index (κ2) is 6.94. The normalized spacial score (nSPS) is 18.0. The largest absolute Gasteiger partial charge is 0.496 e. The molecule has 1 fully saturated rings. The standard InChI is InChI=1S/C15H21ClN2O/c1-3-4-14(18-9-7-17-8-10-18)13-11-12(16)5-6-15(13)19-2/h3,5-6,11,14,17H,1,4,7-10H2,2H3/t14-/m1/s1. The van der Waals surface area contributed by atoms with Crippen molar-refractivity contribution >= 4 is 11.6 Å². The highest BCUT2D eigenvalue weighted by Crippen LogP contribution is 2.34. The zero-order valence-electron chi connectivity index (χ0n) is 11.4. The Kier molecular flexibility index (Phi) is 5.25. The van der Waals surface area contributed by atoms with Gasteiger partial charge in [-0.05, 0) is 24.6 Å². The van der Waals surface area contributed by atoms with Crippen molar-refractivity contribution in [1.82, 2.24) is 10.2 Å². The molecule has 1 aliphatic rings. The first-order chi connectivity index (χ1) is 9.26. The first-order valence-electron chi connectivity index (χ1n) is 6.65. The summed E-state index contributed by atoms with van der Waals surface area (Å²) in [4.78, 5) is 2.46. The average Bonchev–Trinajstić information content (AvgIpc) is 2.45. The summed E-state index contributed by atoms with van der Waals surface area (Å²) in [6.07, 6.45) is 2.86. The minimum absolute atomic E-state index is 0.285. The van der Waals surface area contributed by atoms with Crippen LogP contribution >= 0.6 is 11.6 Å². The summed E-state index contributed by atoms with van der Waals surface area (Å²) in [6, 6.07) is 6.10. The number of benzene rings is 1. The number of rotatable bonds is 5. The van der Waals surface area contributed by atoms with Crippen LogP contribution in [0.3, 0.4) is 0 Å². The highest BCUT2D eigenvalue weighted by atomic mass is 35.5. The van der Waals surface area contributed by atoms with Crippen LogP contribution in [-0.4, -0.2) is 38.2 Å². The number of hydrogen-bond acceptors (Lipinski definition) is 3. The molecule has 0 unspecified atom stereocenters. The molecule has 1 aliphatic heterocycles. The third-order valence-corrected chi connectivity index (χ3v) is 3.77. The molecule has 0 bridgehead atoms. The topological polar surface area (TPSA) is 24.5 Å². The fraction of sp³-hybridized carbons (Fsp3) is 0.467. The van der Waals surface area contributed by atoms with Gasteiger partial charge < -0.3 is 10.1 Å². The second-order valence-corrected chi connectivity index (χ2v) is 5.15. The van der Waals surface area contributed by atoms with Crippen molar-refractivity contribution < 1.29 is 4.74 Å². The molecule has 1 N–H and O–H groups in total. The summed E-state index contributed by atoms with van der Waals surface area (Å²) in [6.45, 7) is 8.00. The van der Waals surface area contributed by atoms with Crippen LogP contribution in [-0.2, 0) is 0 Å². The van der Waals surface area contributed by atoms with Crippen LogP contribution in [0.2, 0.25) is 5.02 Å². The van der Waals surface area contributed by atoms with E-state index in [1.165, 1.54) is 0 Å².